The van der Waals surface area contributed by atoms with Crippen LogP contribution in [0, 0.1) is 0 Å². The number of amides is 1. The van der Waals surface area contributed by atoms with Crippen LogP contribution < -0.4 is 16.0 Å². The van der Waals surface area contributed by atoms with E-state index in [9.17, 15) is 9.90 Å². The lowest BCUT2D eigenvalue weighted by molar-refractivity contribution is 0.0672. The molecule has 1 atom stereocenters. The van der Waals surface area contributed by atoms with Gasteiger partial charge in [0, 0.05) is 38.4 Å². The molecular formula is C19H27ClN6O2. The van der Waals surface area contributed by atoms with Crippen molar-refractivity contribution in [1.29, 1.82) is 0 Å². The van der Waals surface area contributed by atoms with Crippen molar-refractivity contribution in [2.24, 2.45) is 12.0 Å². The summed E-state index contributed by atoms with van der Waals surface area (Å²) < 4.78 is 1.64. The lowest BCUT2D eigenvalue weighted by Gasteiger charge is -2.20. The van der Waals surface area contributed by atoms with Gasteiger partial charge in [0.1, 0.15) is 5.60 Å². The molecule has 1 aromatic heterocycles. The molecule has 0 bridgehead atoms. The van der Waals surface area contributed by atoms with Crippen LogP contribution in [-0.2, 0) is 12.6 Å². The minimum atomic E-state index is -1.13. The molecule has 0 spiro atoms. The molecule has 0 saturated heterocycles. The SMILES string of the molecule is CCNC(=NCC(C)(O)c1cnn(C)c1)NCCNC(=O)c1ccccc1Cl. The predicted molar refractivity (Wildman–Crippen MR) is 111 cm³/mol. The third-order valence-corrected chi connectivity index (χ3v) is 4.37. The van der Waals surface area contributed by atoms with Gasteiger partial charge in [-0.15, -0.1) is 0 Å². The Labute approximate surface area is 170 Å². The van der Waals surface area contributed by atoms with Crippen LogP contribution in [0.25, 0.3) is 0 Å². The number of aromatic nitrogens is 2. The van der Waals surface area contributed by atoms with Gasteiger partial charge in [0.25, 0.3) is 5.91 Å². The van der Waals surface area contributed by atoms with E-state index in [0.717, 1.165) is 0 Å². The number of carbonyl (C=O) groups excluding carboxylic acids is 1. The number of nitrogens with one attached hydrogen (secondary N) is 3. The number of nitrogens with zero attached hydrogens (tertiary/aromatic N) is 3. The van der Waals surface area contributed by atoms with Crippen molar-refractivity contribution in [2.75, 3.05) is 26.2 Å². The quantitative estimate of drug-likeness (QED) is 0.300. The van der Waals surface area contributed by atoms with Gasteiger partial charge in [0.05, 0.1) is 23.3 Å². The zero-order chi connectivity index (χ0) is 20.6. The fourth-order valence-corrected chi connectivity index (χ4v) is 2.68. The smallest absolute Gasteiger partial charge is 0.252 e. The van der Waals surface area contributed by atoms with Gasteiger partial charge in [-0.1, -0.05) is 23.7 Å². The maximum absolute atomic E-state index is 12.1. The lowest BCUT2D eigenvalue weighted by Crippen LogP contribution is -2.42. The maximum Gasteiger partial charge on any atom is 0.252 e. The number of aliphatic imine (C=N–C) groups is 1. The Bertz CT molecular complexity index is 818. The van der Waals surface area contributed by atoms with Crippen molar-refractivity contribution < 1.29 is 9.90 Å². The van der Waals surface area contributed by atoms with Crippen LogP contribution >= 0.6 is 11.6 Å². The van der Waals surface area contributed by atoms with Crippen LogP contribution in [0.3, 0.4) is 0 Å². The first-order valence-electron chi connectivity index (χ1n) is 9.10. The second-order valence-corrected chi connectivity index (χ2v) is 6.94. The second kappa shape index (κ2) is 10.1. The summed E-state index contributed by atoms with van der Waals surface area (Å²) in [4.78, 5) is 16.6. The van der Waals surface area contributed by atoms with Crippen LogP contribution in [0.4, 0.5) is 0 Å². The van der Waals surface area contributed by atoms with Gasteiger partial charge in [-0.05, 0) is 26.0 Å². The van der Waals surface area contributed by atoms with Crippen LogP contribution in [0.1, 0.15) is 29.8 Å². The maximum atomic E-state index is 12.1. The van der Waals surface area contributed by atoms with Crippen molar-refractivity contribution in [3.05, 3.63) is 52.8 Å². The Kier molecular flexibility index (Phi) is 7.83. The molecule has 8 nitrogen and oxygen atoms in total. The number of carbonyl (C=O) groups is 1. The Balaban J connectivity index is 1.86. The zero-order valence-corrected chi connectivity index (χ0v) is 17.1. The monoisotopic (exact) mass is 406 g/mol. The topological polar surface area (TPSA) is 104 Å². The average Bonchev–Trinajstić information content (AvgIpc) is 3.10. The van der Waals surface area contributed by atoms with Gasteiger partial charge < -0.3 is 21.1 Å². The van der Waals surface area contributed by atoms with Gasteiger partial charge >= 0.3 is 0 Å². The number of aryl methyl sites for hydroxylation is 1. The molecular weight excluding hydrogens is 380 g/mol. The Morgan fingerprint density at radius 3 is 2.64 bits per heavy atom. The van der Waals surface area contributed by atoms with E-state index in [4.69, 9.17) is 11.6 Å². The number of guanidine groups is 1. The third kappa shape index (κ3) is 6.24. The Morgan fingerprint density at radius 2 is 2.00 bits per heavy atom. The number of rotatable bonds is 8. The van der Waals surface area contributed by atoms with E-state index < -0.39 is 5.60 Å². The summed E-state index contributed by atoms with van der Waals surface area (Å²) in [5, 5.41) is 24.2. The molecule has 1 unspecified atom stereocenters. The molecule has 0 aliphatic heterocycles. The molecule has 152 valence electrons. The Morgan fingerprint density at radius 1 is 1.29 bits per heavy atom. The van der Waals surface area contributed by atoms with Crippen LogP contribution in [-0.4, -0.2) is 52.9 Å². The van der Waals surface area contributed by atoms with E-state index in [1.807, 2.05) is 6.92 Å². The highest BCUT2D eigenvalue weighted by molar-refractivity contribution is 6.33. The molecule has 0 saturated carbocycles. The van der Waals surface area contributed by atoms with Gasteiger partial charge in [-0.25, -0.2) is 4.99 Å². The molecule has 0 aliphatic rings. The van der Waals surface area contributed by atoms with Gasteiger partial charge in [0.15, 0.2) is 5.96 Å². The van der Waals surface area contributed by atoms with Crippen LogP contribution in [0.5, 0.6) is 0 Å². The van der Waals surface area contributed by atoms with Gasteiger partial charge in [-0.3, -0.25) is 9.48 Å². The number of aliphatic hydroxyl groups is 1. The van der Waals surface area contributed by atoms with Crippen LogP contribution in [0.15, 0.2) is 41.7 Å². The minimum absolute atomic E-state index is 0.167. The first-order valence-corrected chi connectivity index (χ1v) is 9.47. The molecule has 1 heterocycles. The third-order valence-electron chi connectivity index (χ3n) is 4.04. The summed E-state index contributed by atoms with van der Waals surface area (Å²) in [5.41, 5.74) is 0.00776. The van der Waals surface area contributed by atoms with E-state index in [1.54, 1.807) is 55.3 Å². The van der Waals surface area contributed by atoms with Gasteiger partial charge in [-0.2, -0.15) is 5.10 Å². The van der Waals surface area contributed by atoms with E-state index in [0.29, 0.717) is 41.7 Å². The Hall–Kier alpha value is -2.58. The van der Waals surface area contributed by atoms with Gasteiger partial charge in [0.2, 0.25) is 0 Å². The zero-order valence-electron chi connectivity index (χ0n) is 16.4. The first-order chi connectivity index (χ1) is 13.3. The molecule has 0 fully saturated rings. The molecule has 1 amide bonds. The minimum Gasteiger partial charge on any atom is -0.383 e. The molecule has 28 heavy (non-hydrogen) atoms. The molecule has 1 aromatic carbocycles. The summed E-state index contributed by atoms with van der Waals surface area (Å²) in [6.45, 7) is 5.36. The lowest BCUT2D eigenvalue weighted by atomic mass is 10.0. The molecule has 9 heteroatoms. The van der Waals surface area contributed by atoms with E-state index in [2.05, 4.69) is 26.0 Å². The van der Waals surface area contributed by atoms with Crippen molar-refractivity contribution in [1.82, 2.24) is 25.7 Å². The highest BCUT2D eigenvalue weighted by Crippen LogP contribution is 2.19. The van der Waals surface area contributed by atoms with Crippen molar-refractivity contribution in [3.8, 4) is 0 Å². The largest absolute Gasteiger partial charge is 0.383 e. The van der Waals surface area contributed by atoms with E-state index in [1.165, 1.54) is 0 Å². The number of benzene rings is 1. The second-order valence-electron chi connectivity index (χ2n) is 6.53. The van der Waals surface area contributed by atoms with E-state index in [-0.39, 0.29) is 12.5 Å². The first kappa shape index (κ1) is 21.7. The highest BCUT2D eigenvalue weighted by atomic mass is 35.5. The molecule has 0 radical (unpaired) electrons. The van der Waals surface area contributed by atoms with Crippen molar-refractivity contribution in [2.45, 2.75) is 19.4 Å². The summed E-state index contributed by atoms with van der Waals surface area (Å²) in [6.07, 6.45) is 3.39. The summed E-state index contributed by atoms with van der Waals surface area (Å²) in [7, 11) is 1.80. The van der Waals surface area contributed by atoms with Crippen molar-refractivity contribution >= 4 is 23.5 Å². The molecule has 4 N–H and O–H groups in total. The molecule has 0 aliphatic carbocycles. The van der Waals surface area contributed by atoms with Crippen LogP contribution in [0.2, 0.25) is 5.02 Å². The van der Waals surface area contributed by atoms with Crippen molar-refractivity contribution in [3.63, 3.8) is 0 Å². The normalized spacial score (nSPS) is 13.7. The standard InChI is InChI=1S/C19H27ClN6O2/c1-4-21-18(24-13-19(2,28)14-11-25-26(3)12-14)23-10-9-22-17(27)15-7-5-6-8-16(15)20/h5-8,11-12,28H,4,9-10,13H2,1-3H3,(H,22,27)(H2,21,23,24). The fraction of sp³-hybridized carbons (Fsp3) is 0.421. The summed E-state index contributed by atoms with van der Waals surface area (Å²) >= 11 is 6.02. The predicted octanol–water partition coefficient (Wildman–Crippen LogP) is 1.27. The average molecular weight is 407 g/mol. The number of hydrogen-bond acceptors (Lipinski definition) is 4. The van der Waals surface area contributed by atoms with E-state index >= 15 is 0 Å². The number of halogens is 1. The molecule has 2 aromatic rings. The summed E-state index contributed by atoms with van der Waals surface area (Å²) in [5.74, 6) is 0.326. The fourth-order valence-electron chi connectivity index (χ4n) is 2.46. The number of hydrogen-bond donors (Lipinski definition) is 4. The summed E-state index contributed by atoms with van der Waals surface area (Å²) in [6, 6.07) is 6.90. The molecule has 2 rings (SSSR count). The highest BCUT2D eigenvalue weighted by Gasteiger charge is 2.24.